The van der Waals surface area contributed by atoms with Crippen LogP contribution in [0.1, 0.15) is 44.5 Å². The van der Waals surface area contributed by atoms with Crippen LogP contribution in [0.15, 0.2) is 60.8 Å². The Kier molecular flexibility index (Phi) is 12.1. The third-order valence-electron chi connectivity index (χ3n) is 6.01. The van der Waals surface area contributed by atoms with Gasteiger partial charge in [-0.1, -0.05) is 51.1 Å². The zero-order valence-electron chi connectivity index (χ0n) is 22.5. The van der Waals surface area contributed by atoms with E-state index in [0.717, 1.165) is 23.4 Å². The van der Waals surface area contributed by atoms with Crippen LogP contribution in [-0.4, -0.2) is 53.5 Å². The number of halogens is 2. The van der Waals surface area contributed by atoms with Crippen molar-refractivity contribution in [2.45, 2.75) is 45.8 Å². The molecule has 3 aromatic rings. The molecule has 0 aliphatic heterocycles. The lowest BCUT2D eigenvalue weighted by Crippen LogP contribution is -2.42. The number of aromatic nitrogens is 1. The summed E-state index contributed by atoms with van der Waals surface area (Å²) in [6.45, 7) is 7.21. The molecule has 0 radical (unpaired) electrons. The smallest absolute Gasteiger partial charge is 0.236 e. The fraction of sp³-hybridized carbons (Fsp3) is 0.414. The van der Waals surface area contributed by atoms with Crippen LogP contribution in [0.5, 0.6) is 0 Å². The van der Waals surface area contributed by atoms with Gasteiger partial charge in [0.05, 0.1) is 25.3 Å². The standard InChI is InChI=1S/C27H34F2N4O.C2H6O2/c1-27(2,3)25(32-13-12-23(30)26(34)31-4)24-14-19(21-15-20(28)10-11-22(21)29)17-33(24)16-18-8-6-5-7-9-18;3-1-2-4/h5-11,14-15,17,23,25,32H,12-13,16,30H2,1-4H3,(H,31,34);3-4H,1-2H2/t23-,25-;/m0./s1. The molecule has 3 rings (SSSR count). The minimum absolute atomic E-state index is 0.125. The van der Waals surface area contributed by atoms with E-state index in [0.29, 0.717) is 25.1 Å². The van der Waals surface area contributed by atoms with Crippen molar-refractivity contribution in [3.05, 3.63) is 83.7 Å². The molecule has 0 aliphatic rings. The highest BCUT2D eigenvalue weighted by molar-refractivity contribution is 5.81. The first-order valence-electron chi connectivity index (χ1n) is 12.6. The largest absolute Gasteiger partial charge is 0.394 e. The number of nitrogens with two attached hydrogens (primary N) is 1. The van der Waals surface area contributed by atoms with Gasteiger partial charge in [-0.2, -0.15) is 0 Å². The van der Waals surface area contributed by atoms with Gasteiger partial charge in [0.15, 0.2) is 0 Å². The van der Waals surface area contributed by atoms with Crippen molar-refractivity contribution in [1.82, 2.24) is 15.2 Å². The van der Waals surface area contributed by atoms with Crippen LogP contribution in [0, 0.1) is 17.0 Å². The fourth-order valence-electron chi connectivity index (χ4n) is 4.11. The minimum atomic E-state index is -0.605. The van der Waals surface area contributed by atoms with Crippen LogP contribution < -0.4 is 16.4 Å². The SMILES string of the molecule is CNC(=O)[C@@H](N)CCN[C@@H](c1cc(-c2cc(F)ccc2F)cn1Cc1ccccc1)C(C)(C)C.OCCO. The lowest BCUT2D eigenvalue weighted by molar-refractivity contribution is -0.122. The molecule has 0 saturated heterocycles. The molecule has 1 heterocycles. The van der Waals surface area contributed by atoms with Gasteiger partial charge in [0.2, 0.25) is 5.91 Å². The van der Waals surface area contributed by atoms with Crippen molar-refractivity contribution in [1.29, 1.82) is 0 Å². The Morgan fingerprint density at radius 3 is 2.29 bits per heavy atom. The summed E-state index contributed by atoms with van der Waals surface area (Å²) in [4.78, 5) is 11.8. The van der Waals surface area contributed by atoms with E-state index in [-0.39, 0.29) is 36.1 Å². The molecule has 208 valence electrons. The molecule has 0 unspecified atom stereocenters. The fourth-order valence-corrected chi connectivity index (χ4v) is 4.11. The number of nitrogens with one attached hydrogen (secondary N) is 2. The van der Waals surface area contributed by atoms with Gasteiger partial charge in [0.1, 0.15) is 11.6 Å². The number of carbonyl (C=O) groups excluding carboxylic acids is 1. The molecule has 2 aromatic carbocycles. The van der Waals surface area contributed by atoms with Crippen molar-refractivity contribution in [2.24, 2.45) is 11.1 Å². The van der Waals surface area contributed by atoms with Gasteiger partial charge in [-0.3, -0.25) is 4.79 Å². The normalized spacial score (nSPS) is 12.9. The Bertz CT molecular complexity index is 1140. The van der Waals surface area contributed by atoms with Crippen molar-refractivity contribution in [3.63, 3.8) is 0 Å². The van der Waals surface area contributed by atoms with Crippen LogP contribution >= 0.6 is 0 Å². The maximum Gasteiger partial charge on any atom is 0.236 e. The monoisotopic (exact) mass is 530 g/mol. The average molecular weight is 531 g/mol. The number of hydrogen-bond acceptors (Lipinski definition) is 5. The van der Waals surface area contributed by atoms with Crippen molar-refractivity contribution < 1.29 is 23.8 Å². The highest BCUT2D eigenvalue weighted by Gasteiger charge is 2.30. The molecule has 0 aliphatic carbocycles. The van der Waals surface area contributed by atoms with E-state index in [4.69, 9.17) is 15.9 Å². The van der Waals surface area contributed by atoms with E-state index in [9.17, 15) is 13.6 Å². The van der Waals surface area contributed by atoms with Crippen LogP contribution in [-0.2, 0) is 11.3 Å². The van der Waals surface area contributed by atoms with Crippen molar-refractivity contribution in [2.75, 3.05) is 26.8 Å². The van der Waals surface area contributed by atoms with E-state index in [1.54, 1.807) is 7.05 Å². The molecule has 0 spiro atoms. The Morgan fingerprint density at radius 2 is 1.71 bits per heavy atom. The van der Waals surface area contributed by atoms with Gasteiger partial charge in [-0.25, -0.2) is 8.78 Å². The van der Waals surface area contributed by atoms with Crippen molar-refractivity contribution in [3.8, 4) is 11.1 Å². The highest BCUT2D eigenvalue weighted by atomic mass is 19.1. The van der Waals surface area contributed by atoms with Gasteiger partial charge >= 0.3 is 0 Å². The second kappa shape index (κ2) is 14.7. The number of aliphatic hydroxyl groups is 2. The quantitative estimate of drug-likeness (QED) is 0.275. The van der Waals surface area contributed by atoms with E-state index >= 15 is 0 Å². The maximum absolute atomic E-state index is 14.6. The molecular formula is C29H40F2N4O3. The maximum atomic E-state index is 14.6. The molecule has 0 saturated carbocycles. The van der Waals surface area contributed by atoms with Crippen LogP contribution in [0.25, 0.3) is 11.1 Å². The molecule has 6 N–H and O–H groups in total. The van der Waals surface area contributed by atoms with Gasteiger partial charge in [-0.05, 0) is 48.2 Å². The third kappa shape index (κ3) is 9.02. The number of nitrogens with zero attached hydrogens (tertiary/aromatic N) is 1. The zero-order valence-corrected chi connectivity index (χ0v) is 22.5. The van der Waals surface area contributed by atoms with E-state index < -0.39 is 17.7 Å². The van der Waals surface area contributed by atoms with Crippen molar-refractivity contribution >= 4 is 5.91 Å². The summed E-state index contributed by atoms with van der Waals surface area (Å²) < 4.78 is 30.6. The third-order valence-corrected chi connectivity index (χ3v) is 6.01. The van der Waals surface area contributed by atoms with Crippen LogP contribution in [0.4, 0.5) is 8.78 Å². The lowest BCUT2D eigenvalue weighted by atomic mass is 9.84. The molecule has 1 amide bonds. The van der Waals surface area contributed by atoms with E-state index in [1.165, 1.54) is 6.07 Å². The average Bonchev–Trinajstić information content (AvgIpc) is 3.29. The number of rotatable bonds is 10. The first-order chi connectivity index (χ1) is 18.0. The summed E-state index contributed by atoms with van der Waals surface area (Å²) in [5, 5.41) is 21.4. The number of hydrogen-bond donors (Lipinski definition) is 5. The van der Waals surface area contributed by atoms with Gasteiger partial charge < -0.3 is 31.1 Å². The molecule has 38 heavy (non-hydrogen) atoms. The Morgan fingerprint density at radius 1 is 1.05 bits per heavy atom. The topological polar surface area (TPSA) is 113 Å². The van der Waals surface area contributed by atoms with Gasteiger partial charge in [0.25, 0.3) is 0 Å². The Balaban J connectivity index is 0.00000118. The summed E-state index contributed by atoms with van der Waals surface area (Å²) >= 11 is 0. The van der Waals surface area contributed by atoms with Crippen LogP contribution in [0.3, 0.4) is 0 Å². The molecule has 0 bridgehead atoms. The second-order valence-corrected chi connectivity index (χ2v) is 10.1. The first kappa shape index (κ1) is 31.1. The molecule has 1 aromatic heterocycles. The predicted octanol–water partition coefficient (Wildman–Crippen LogP) is 3.59. The van der Waals surface area contributed by atoms with Gasteiger partial charge in [0, 0.05) is 36.6 Å². The number of amides is 1. The highest BCUT2D eigenvalue weighted by Crippen LogP contribution is 2.37. The molecule has 9 heteroatoms. The Labute approximate surface area is 223 Å². The zero-order chi connectivity index (χ0) is 28.3. The van der Waals surface area contributed by atoms with Gasteiger partial charge in [-0.15, -0.1) is 0 Å². The Hall–Kier alpha value is -3.11. The van der Waals surface area contributed by atoms with E-state index in [1.807, 2.05) is 42.6 Å². The van der Waals surface area contributed by atoms with E-state index in [2.05, 4.69) is 36.0 Å². The van der Waals surface area contributed by atoms with Crippen LogP contribution in [0.2, 0.25) is 0 Å². The number of benzene rings is 2. The molecule has 0 fully saturated rings. The lowest BCUT2D eigenvalue weighted by Gasteiger charge is -2.33. The molecule has 7 nitrogen and oxygen atoms in total. The summed E-state index contributed by atoms with van der Waals surface area (Å²) in [7, 11) is 1.57. The second-order valence-electron chi connectivity index (χ2n) is 10.1. The summed E-state index contributed by atoms with van der Waals surface area (Å²) in [5.41, 5.74) is 8.64. The number of likely N-dealkylation sites (N-methyl/N-ethyl adjacent to an activating group) is 1. The summed E-state index contributed by atoms with van der Waals surface area (Å²) in [6.07, 6.45) is 2.34. The minimum Gasteiger partial charge on any atom is -0.394 e. The predicted molar refractivity (Wildman–Crippen MR) is 146 cm³/mol. The molecular weight excluding hydrogens is 490 g/mol. The summed E-state index contributed by atoms with van der Waals surface area (Å²) in [5.74, 6) is -1.16. The summed E-state index contributed by atoms with van der Waals surface area (Å²) in [6, 6.07) is 14.7. The number of aliphatic hydroxyl groups excluding tert-OH is 2. The molecule has 2 atom stereocenters. The number of carbonyl (C=O) groups is 1. The first-order valence-corrected chi connectivity index (χ1v) is 12.6.